The molecule has 7 nitrogen and oxygen atoms in total. The third kappa shape index (κ3) is 4.21. The zero-order chi connectivity index (χ0) is 19.6. The molecule has 0 unspecified atom stereocenters. The van der Waals surface area contributed by atoms with Gasteiger partial charge < -0.3 is 9.47 Å². The number of anilines is 1. The predicted octanol–water partition coefficient (Wildman–Crippen LogP) is 1.89. The van der Waals surface area contributed by atoms with Crippen LogP contribution in [0.1, 0.15) is 24.1 Å². The summed E-state index contributed by atoms with van der Waals surface area (Å²) < 4.78 is 28.8. The monoisotopic (exact) mass is 389 g/mol. The molecule has 27 heavy (non-hydrogen) atoms. The molecule has 1 aromatic carbocycles. The van der Waals surface area contributed by atoms with E-state index >= 15 is 0 Å². The molecule has 0 saturated carbocycles. The number of pyridine rings is 1. The molecular weight excluding hydrogens is 366 g/mol. The highest BCUT2D eigenvalue weighted by Crippen LogP contribution is 2.15. The van der Waals surface area contributed by atoms with Gasteiger partial charge in [-0.3, -0.25) is 14.3 Å². The molecule has 144 valence electrons. The zero-order valence-electron chi connectivity index (χ0n) is 15.4. The normalized spacial score (nSPS) is 14.4. The highest BCUT2D eigenvalue weighted by molar-refractivity contribution is 7.92. The van der Waals surface area contributed by atoms with Gasteiger partial charge in [0, 0.05) is 18.8 Å². The molecule has 0 radical (unpaired) electrons. The van der Waals surface area contributed by atoms with E-state index in [1.807, 2.05) is 6.92 Å². The van der Waals surface area contributed by atoms with Crippen molar-refractivity contribution in [1.29, 1.82) is 0 Å². The molecule has 3 rings (SSSR count). The highest BCUT2D eigenvalue weighted by atomic mass is 32.2. The summed E-state index contributed by atoms with van der Waals surface area (Å²) in [5, 5.41) is 0. The van der Waals surface area contributed by atoms with Crippen LogP contribution in [0.5, 0.6) is 0 Å². The Bertz CT molecular complexity index is 1000. The molecule has 2 heterocycles. The molecular formula is C19H23N3O4S. The molecule has 1 saturated heterocycles. The number of carbonyl (C=O) groups is 1. The maximum atomic E-state index is 12.8. The third-order valence-corrected chi connectivity index (χ3v) is 6.10. The fourth-order valence-electron chi connectivity index (χ4n) is 3.07. The van der Waals surface area contributed by atoms with Crippen molar-refractivity contribution >= 4 is 21.6 Å². The molecule has 1 aliphatic heterocycles. The van der Waals surface area contributed by atoms with Crippen molar-refractivity contribution in [2.24, 2.45) is 0 Å². The molecule has 1 N–H and O–H groups in total. The van der Waals surface area contributed by atoms with E-state index in [1.165, 1.54) is 22.8 Å². The minimum absolute atomic E-state index is 0.0737. The fourth-order valence-corrected chi connectivity index (χ4v) is 4.12. The van der Waals surface area contributed by atoms with Crippen molar-refractivity contribution in [3.8, 4) is 0 Å². The number of sulfonamides is 1. The Morgan fingerprint density at radius 3 is 2.30 bits per heavy atom. The van der Waals surface area contributed by atoms with E-state index in [9.17, 15) is 18.0 Å². The van der Waals surface area contributed by atoms with E-state index in [1.54, 1.807) is 30.0 Å². The van der Waals surface area contributed by atoms with Crippen molar-refractivity contribution in [1.82, 2.24) is 9.47 Å². The van der Waals surface area contributed by atoms with Gasteiger partial charge in [-0.05, 0) is 51.0 Å². The second-order valence-electron chi connectivity index (χ2n) is 6.79. The fraction of sp³-hybridized carbons (Fsp3) is 0.368. The van der Waals surface area contributed by atoms with E-state index in [4.69, 9.17) is 0 Å². The second kappa shape index (κ2) is 7.56. The lowest BCUT2D eigenvalue weighted by Crippen LogP contribution is -2.36. The standard InChI is InChI=1S/C19H23N3O4S/c1-14-5-8-16(9-6-14)27(25,26)20-17-10-7-15(2)22(19(17)24)13-18(23)21-11-3-4-12-21/h5-10,20H,3-4,11-13H2,1-2H3. The number of nitrogens with one attached hydrogen (secondary N) is 1. The van der Waals surface area contributed by atoms with Crippen LogP contribution in [0.15, 0.2) is 46.1 Å². The summed E-state index contributed by atoms with van der Waals surface area (Å²) >= 11 is 0. The van der Waals surface area contributed by atoms with Crippen molar-refractivity contribution in [3.05, 3.63) is 58.0 Å². The number of carbonyl (C=O) groups excluding carboxylic acids is 1. The molecule has 8 heteroatoms. The van der Waals surface area contributed by atoms with Gasteiger partial charge in [0.15, 0.2) is 0 Å². The lowest BCUT2D eigenvalue weighted by molar-refractivity contribution is -0.130. The van der Waals surface area contributed by atoms with Crippen LogP contribution in [-0.2, 0) is 21.4 Å². The van der Waals surface area contributed by atoms with Gasteiger partial charge >= 0.3 is 0 Å². The van der Waals surface area contributed by atoms with Crippen molar-refractivity contribution in [3.63, 3.8) is 0 Å². The number of hydrogen-bond donors (Lipinski definition) is 1. The van der Waals surface area contributed by atoms with Crippen LogP contribution in [0.25, 0.3) is 0 Å². The topological polar surface area (TPSA) is 88.5 Å². The zero-order valence-corrected chi connectivity index (χ0v) is 16.3. The minimum atomic E-state index is -3.89. The van der Waals surface area contributed by atoms with Crippen LogP contribution < -0.4 is 10.3 Å². The maximum Gasteiger partial charge on any atom is 0.275 e. The number of likely N-dealkylation sites (tertiary alicyclic amines) is 1. The summed E-state index contributed by atoms with van der Waals surface area (Å²) in [5.74, 6) is -0.128. The van der Waals surface area contributed by atoms with Crippen LogP contribution in [-0.4, -0.2) is 36.9 Å². The largest absolute Gasteiger partial charge is 0.341 e. The molecule has 1 aliphatic rings. The predicted molar refractivity (Wildman–Crippen MR) is 103 cm³/mol. The Kier molecular flexibility index (Phi) is 5.36. The van der Waals surface area contributed by atoms with Crippen LogP contribution in [0, 0.1) is 13.8 Å². The smallest absolute Gasteiger partial charge is 0.275 e. The van der Waals surface area contributed by atoms with E-state index < -0.39 is 15.6 Å². The Morgan fingerprint density at radius 1 is 1.04 bits per heavy atom. The maximum absolute atomic E-state index is 12.8. The summed E-state index contributed by atoms with van der Waals surface area (Å²) in [6.45, 7) is 4.89. The van der Waals surface area contributed by atoms with Crippen LogP contribution in [0.2, 0.25) is 0 Å². The molecule has 1 fully saturated rings. The SMILES string of the molecule is Cc1ccc(S(=O)(=O)Nc2ccc(C)n(CC(=O)N3CCCC3)c2=O)cc1. The first-order valence-corrected chi connectivity index (χ1v) is 10.3. The van der Waals surface area contributed by atoms with Gasteiger partial charge in [-0.15, -0.1) is 0 Å². The molecule has 0 bridgehead atoms. The lowest BCUT2D eigenvalue weighted by atomic mass is 10.2. The van der Waals surface area contributed by atoms with Crippen molar-refractivity contribution < 1.29 is 13.2 Å². The van der Waals surface area contributed by atoms with Crippen LogP contribution >= 0.6 is 0 Å². The molecule has 0 spiro atoms. The van der Waals surface area contributed by atoms with E-state index in [0.29, 0.717) is 18.8 Å². The van der Waals surface area contributed by atoms with E-state index in [2.05, 4.69) is 4.72 Å². The van der Waals surface area contributed by atoms with Gasteiger partial charge in [0.1, 0.15) is 12.2 Å². The molecule has 2 aromatic rings. The van der Waals surface area contributed by atoms with Crippen molar-refractivity contribution in [2.75, 3.05) is 17.8 Å². The Hall–Kier alpha value is -2.61. The number of amides is 1. The minimum Gasteiger partial charge on any atom is -0.341 e. The number of rotatable bonds is 5. The Labute approximate surface area is 158 Å². The second-order valence-corrected chi connectivity index (χ2v) is 8.47. The van der Waals surface area contributed by atoms with Gasteiger partial charge in [0.05, 0.1) is 4.90 Å². The molecule has 1 aromatic heterocycles. The first kappa shape index (κ1) is 19.2. The van der Waals surface area contributed by atoms with Gasteiger partial charge in [-0.1, -0.05) is 17.7 Å². The average Bonchev–Trinajstić information content (AvgIpc) is 3.16. The van der Waals surface area contributed by atoms with Gasteiger partial charge in [-0.2, -0.15) is 0 Å². The summed E-state index contributed by atoms with van der Waals surface area (Å²) in [5.41, 5.74) is 0.937. The first-order chi connectivity index (χ1) is 12.8. The van der Waals surface area contributed by atoms with Crippen LogP contribution in [0.3, 0.4) is 0 Å². The third-order valence-electron chi connectivity index (χ3n) is 4.72. The Balaban J connectivity index is 1.87. The van der Waals surface area contributed by atoms with Crippen molar-refractivity contribution in [2.45, 2.75) is 38.1 Å². The molecule has 0 aliphatic carbocycles. The number of nitrogens with zero attached hydrogens (tertiary/aromatic N) is 2. The molecule has 1 amide bonds. The summed E-state index contributed by atoms with van der Waals surface area (Å²) in [4.78, 5) is 27.0. The van der Waals surface area contributed by atoms with E-state index in [0.717, 1.165) is 18.4 Å². The van der Waals surface area contributed by atoms with E-state index in [-0.39, 0.29) is 23.0 Å². The lowest BCUT2D eigenvalue weighted by Gasteiger charge is -2.18. The van der Waals surface area contributed by atoms with Gasteiger partial charge in [0.25, 0.3) is 15.6 Å². The number of aryl methyl sites for hydroxylation is 2. The van der Waals surface area contributed by atoms with Gasteiger partial charge in [0.2, 0.25) is 5.91 Å². The molecule has 0 atom stereocenters. The first-order valence-electron chi connectivity index (χ1n) is 8.85. The Morgan fingerprint density at radius 2 is 1.67 bits per heavy atom. The number of benzene rings is 1. The average molecular weight is 389 g/mol. The van der Waals surface area contributed by atoms with Crippen LogP contribution in [0.4, 0.5) is 5.69 Å². The number of hydrogen-bond acceptors (Lipinski definition) is 4. The highest BCUT2D eigenvalue weighted by Gasteiger charge is 2.21. The summed E-state index contributed by atoms with van der Waals surface area (Å²) in [6, 6.07) is 9.42. The summed E-state index contributed by atoms with van der Waals surface area (Å²) in [7, 11) is -3.89. The van der Waals surface area contributed by atoms with Gasteiger partial charge in [-0.25, -0.2) is 8.42 Å². The number of aromatic nitrogens is 1. The summed E-state index contributed by atoms with van der Waals surface area (Å²) in [6.07, 6.45) is 1.94. The quantitative estimate of drug-likeness (QED) is 0.846.